The second kappa shape index (κ2) is 3.15. The molecule has 2 unspecified atom stereocenters. The van der Waals surface area contributed by atoms with Gasteiger partial charge < -0.3 is 0 Å². The number of rotatable bonds is 1. The van der Waals surface area contributed by atoms with Crippen molar-refractivity contribution >= 4 is 10.1 Å². The fourth-order valence-corrected chi connectivity index (χ4v) is 1.45. The van der Waals surface area contributed by atoms with Crippen LogP contribution in [0.15, 0.2) is 22.9 Å². The van der Waals surface area contributed by atoms with E-state index in [2.05, 4.69) is 0 Å². The van der Waals surface area contributed by atoms with E-state index in [-0.39, 0.29) is 0 Å². The molecule has 1 N–H and O–H groups in total. The van der Waals surface area contributed by atoms with Crippen molar-refractivity contribution in [1.82, 2.24) is 0 Å². The van der Waals surface area contributed by atoms with Crippen LogP contribution in [-0.4, -0.2) is 25.3 Å². The molecule has 0 fully saturated rings. The van der Waals surface area contributed by atoms with Crippen molar-refractivity contribution in [3.8, 4) is 0 Å². The fourth-order valence-electron chi connectivity index (χ4n) is 0.841. The minimum Gasteiger partial charge on any atom is -0.282 e. The van der Waals surface area contributed by atoms with Crippen molar-refractivity contribution in [3.63, 3.8) is 0 Å². The molecule has 0 radical (unpaired) electrons. The second-order valence-electron chi connectivity index (χ2n) is 2.39. The van der Waals surface area contributed by atoms with Crippen LogP contribution in [0.25, 0.3) is 0 Å². The molecule has 0 aromatic rings. The molecule has 0 spiro atoms. The third-order valence-corrected chi connectivity index (χ3v) is 2.35. The zero-order valence-electron chi connectivity index (χ0n) is 6.12. The highest BCUT2D eigenvalue weighted by Gasteiger charge is 2.33. The van der Waals surface area contributed by atoms with Gasteiger partial charge in [-0.05, 0) is 12.2 Å². The zero-order chi connectivity index (χ0) is 10.2. The summed E-state index contributed by atoms with van der Waals surface area (Å²) in [6.07, 6.45) is -3.87. The van der Waals surface area contributed by atoms with Gasteiger partial charge in [-0.1, -0.05) is 0 Å². The number of halogens is 3. The zero-order valence-corrected chi connectivity index (χ0v) is 6.93. The predicted octanol–water partition coefficient (Wildman–Crippen LogP) is 1.30. The molecule has 0 bridgehead atoms. The first kappa shape index (κ1) is 10.3. The molecular weight excluding hydrogens is 209 g/mol. The lowest BCUT2D eigenvalue weighted by Crippen LogP contribution is -2.22. The van der Waals surface area contributed by atoms with E-state index in [0.717, 1.165) is 0 Å². The smallest absolute Gasteiger partial charge is 0.282 e. The van der Waals surface area contributed by atoms with Crippen molar-refractivity contribution in [2.45, 2.75) is 12.3 Å². The van der Waals surface area contributed by atoms with E-state index in [4.69, 9.17) is 4.55 Å². The van der Waals surface area contributed by atoms with Gasteiger partial charge in [-0.15, -0.1) is 0 Å². The number of allylic oxidation sites excluding steroid dienone is 3. The summed E-state index contributed by atoms with van der Waals surface area (Å²) in [6, 6.07) is 0. The van der Waals surface area contributed by atoms with Gasteiger partial charge in [0.25, 0.3) is 10.1 Å². The van der Waals surface area contributed by atoms with Crippen molar-refractivity contribution in [2.24, 2.45) is 0 Å². The van der Waals surface area contributed by atoms with E-state index in [1.54, 1.807) is 0 Å². The maximum Gasteiger partial charge on any atom is 0.297 e. The fraction of sp³-hybridized carbons (Fsp3) is 0.333. The Balaban J connectivity index is 3.21. The first-order valence-electron chi connectivity index (χ1n) is 3.17. The van der Waals surface area contributed by atoms with E-state index in [0.29, 0.717) is 12.2 Å². The van der Waals surface area contributed by atoms with Gasteiger partial charge in [0, 0.05) is 0 Å². The average molecular weight is 214 g/mol. The van der Waals surface area contributed by atoms with Crippen molar-refractivity contribution in [3.05, 3.63) is 22.9 Å². The monoisotopic (exact) mass is 214 g/mol. The van der Waals surface area contributed by atoms with Gasteiger partial charge in [0.15, 0.2) is 18.2 Å². The molecule has 0 aromatic heterocycles. The van der Waals surface area contributed by atoms with Gasteiger partial charge in [-0.2, -0.15) is 8.42 Å². The third kappa shape index (κ3) is 1.92. The minimum absolute atomic E-state index is 0.491. The summed E-state index contributed by atoms with van der Waals surface area (Å²) in [4.78, 5) is -1.23. The van der Waals surface area contributed by atoms with Crippen LogP contribution in [0.1, 0.15) is 0 Å². The topological polar surface area (TPSA) is 54.4 Å². The van der Waals surface area contributed by atoms with Crippen molar-refractivity contribution in [2.75, 3.05) is 0 Å². The Hall–Kier alpha value is -0.820. The SMILES string of the molecule is O=S(=O)(O)C1=C(F)C(F)C(F)C=C1. The van der Waals surface area contributed by atoms with Crippen LogP contribution in [-0.2, 0) is 10.1 Å². The second-order valence-corrected chi connectivity index (χ2v) is 3.78. The van der Waals surface area contributed by atoms with Crippen LogP contribution in [0.5, 0.6) is 0 Å². The Kier molecular flexibility index (Phi) is 2.49. The van der Waals surface area contributed by atoms with Gasteiger partial charge in [0.1, 0.15) is 4.91 Å². The summed E-state index contributed by atoms with van der Waals surface area (Å²) in [7, 11) is -4.82. The van der Waals surface area contributed by atoms with E-state index >= 15 is 0 Å². The van der Waals surface area contributed by atoms with Gasteiger partial charge >= 0.3 is 0 Å². The highest BCUT2D eigenvalue weighted by atomic mass is 32.2. The molecule has 0 heterocycles. The molecule has 0 saturated carbocycles. The summed E-state index contributed by atoms with van der Waals surface area (Å²) < 4.78 is 66.6. The molecule has 0 amide bonds. The van der Waals surface area contributed by atoms with Crippen LogP contribution in [0.2, 0.25) is 0 Å². The maximum absolute atomic E-state index is 12.7. The molecule has 3 nitrogen and oxygen atoms in total. The van der Waals surface area contributed by atoms with Gasteiger partial charge in [0.05, 0.1) is 0 Å². The normalized spacial score (nSPS) is 29.5. The Morgan fingerprint density at radius 3 is 2.38 bits per heavy atom. The molecule has 7 heteroatoms. The van der Waals surface area contributed by atoms with Crippen LogP contribution in [0.4, 0.5) is 13.2 Å². The van der Waals surface area contributed by atoms with Crippen LogP contribution < -0.4 is 0 Å². The Morgan fingerprint density at radius 1 is 1.38 bits per heavy atom. The molecule has 13 heavy (non-hydrogen) atoms. The lowest BCUT2D eigenvalue weighted by molar-refractivity contribution is 0.205. The molecule has 1 aliphatic carbocycles. The summed E-state index contributed by atoms with van der Waals surface area (Å²) in [5.41, 5.74) is 0. The summed E-state index contributed by atoms with van der Waals surface area (Å²) >= 11 is 0. The highest BCUT2D eigenvalue weighted by molar-refractivity contribution is 7.90. The molecule has 0 saturated heterocycles. The number of hydrogen-bond donors (Lipinski definition) is 1. The van der Waals surface area contributed by atoms with Gasteiger partial charge in [-0.3, -0.25) is 4.55 Å². The largest absolute Gasteiger partial charge is 0.297 e. The Bertz CT molecular complexity index is 371. The van der Waals surface area contributed by atoms with E-state index in [1.807, 2.05) is 0 Å². The quantitative estimate of drug-likeness (QED) is 0.669. The lowest BCUT2D eigenvalue weighted by Gasteiger charge is -2.14. The molecule has 2 atom stereocenters. The van der Waals surface area contributed by atoms with Crippen LogP contribution >= 0.6 is 0 Å². The highest BCUT2D eigenvalue weighted by Crippen LogP contribution is 2.28. The van der Waals surface area contributed by atoms with E-state index in [9.17, 15) is 21.6 Å². The van der Waals surface area contributed by atoms with Gasteiger partial charge in [0.2, 0.25) is 0 Å². The standard InChI is InChI=1S/C6H5F3O3S/c7-3-1-2-4(13(10,11)12)6(9)5(3)8/h1-3,5H,(H,10,11,12). The predicted molar refractivity (Wildman–Crippen MR) is 38.6 cm³/mol. The maximum atomic E-state index is 12.7. The first-order chi connectivity index (χ1) is 5.84. The number of alkyl halides is 2. The van der Waals surface area contributed by atoms with Gasteiger partial charge in [-0.25, -0.2) is 13.2 Å². The van der Waals surface area contributed by atoms with Crippen molar-refractivity contribution < 1.29 is 26.1 Å². The summed E-state index contributed by atoms with van der Waals surface area (Å²) in [5, 5.41) is 0. The third-order valence-electron chi connectivity index (χ3n) is 1.47. The molecule has 74 valence electrons. The minimum atomic E-state index is -4.82. The Labute approximate surface area is 72.3 Å². The summed E-state index contributed by atoms with van der Waals surface area (Å²) in [6.45, 7) is 0. The first-order valence-corrected chi connectivity index (χ1v) is 4.61. The number of hydrogen-bond acceptors (Lipinski definition) is 2. The Morgan fingerprint density at radius 2 is 1.92 bits per heavy atom. The lowest BCUT2D eigenvalue weighted by atomic mass is 10.1. The van der Waals surface area contributed by atoms with Crippen molar-refractivity contribution in [1.29, 1.82) is 0 Å². The van der Waals surface area contributed by atoms with E-state index < -0.39 is 33.2 Å². The average Bonchev–Trinajstić information content (AvgIpc) is 1.98. The molecule has 0 aliphatic heterocycles. The van der Waals surface area contributed by atoms with Crippen LogP contribution in [0, 0.1) is 0 Å². The molecule has 0 aromatic carbocycles. The van der Waals surface area contributed by atoms with Crippen LogP contribution in [0.3, 0.4) is 0 Å². The molecule has 1 rings (SSSR count). The molecule has 1 aliphatic rings. The summed E-state index contributed by atoms with van der Waals surface area (Å²) in [5.74, 6) is -1.81. The molecular formula is C6H5F3O3S. The van der Waals surface area contributed by atoms with E-state index in [1.165, 1.54) is 0 Å².